The Bertz CT molecular complexity index is 293. The van der Waals surface area contributed by atoms with Crippen LogP contribution in [0, 0.1) is 11.8 Å². The van der Waals surface area contributed by atoms with Crippen LogP contribution >= 0.6 is 0 Å². The van der Waals surface area contributed by atoms with Crippen molar-refractivity contribution in [2.24, 2.45) is 11.8 Å². The summed E-state index contributed by atoms with van der Waals surface area (Å²) in [5.41, 5.74) is 3.12. The fraction of sp³-hybridized carbons (Fsp3) is 0.500. The van der Waals surface area contributed by atoms with E-state index in [0.717, 1.165) is 11.8 Å². The predicted octanol–water partition coefficient (Wildman–Crippen LogP) is 4.52. The maximum absolute atomic E-state index is 2.23. The van der Waals surface area contributed by atoms with Gasteiger partial charge in [-0.15, -0.1) is 0 Å². The molecule has 96 valence electrons. The monoisotopic (exact) mass is 402 g/mol. The van der Waals surface area contributed by atoms with E-state index in [9.17, 15) is 0 Å². The molecular weight excluding hydrogens is 376 g/mol. The van der Waals surface area contributed by atoms with Gasteiger partial charge in [0.2, 0.25) is 0 Å². The SMILES string of the molecule is CC(C)C1=CC=CC1.CC(C)C1=CC=CC1.[WH2]. The fourth-order valence-electron chi connectivity index (χ4n) is 1.78. The van der Waals surface area contributed by atoms with Crippen LogP contribution in [-0.4, -0.2) is 0 Å². The average molecular weight is 402 g/mol. The second-order valence-corrected chi connectivity index (χ2v) is 5.06. The predicted molar refractivity (Wildman–Crippen MR) is 76.1 cm³/mol. The molecule has 1 heteroatoms. The van der Waals surface area contributed by atoms with E-state index in [4.69, 9.17) is 0 Å². The van der Waals surface area contributed by atoms with Crippen molar-refractivity contribution in [3.8, 4) is 0 Å². The molecule has 0 heterocycles. The van der Waals surface area contributed by atoms with Crippen LogP contribution in [0.3, 0.4) is 0 Å². The summed E-state index contributed by atoms with van der Waals surface area (Å²) in [6, 6.07) is 0. The quantitative estimate of drug-likeness (QED) is 0.637. The van der Waals surface area contributed by atoms with Crippen LogP contribution in [0.5, 0.6) is 0 Å². The summed E-state index contributed by atoms with van der Waals surface area (Å²) in [7, 11) is 0. The molecule has 0 unspecified atom stereocenters. The van der Waals surface area contributed by atoms with Gasteiger partial charge in [0.15, 0.2) is 0 Å². The third kappa shape index (κ3) is 6.22. The molecule has 0 saturated heterocycles. The van der Waals surface area contributed by atoms with Crippen LogP contribution in [0.4, 0.5) is 0 Å². The summed E-state index contributed by atoms with van der Waals surface area (Å²) in [6.07, 6.45) is 15.5. The standard InChI is InChI=1S/2C8H12.W.2H/c2*1-7(2)8-5-3-4-6-8;;;/h2*3-5,7H,6H2,1-2H3;;;. The topological polar surface area (TPSA) is 0 Å². The van der Waals surface area contributed by atoms with Gasteiger partial charge >= 0.3 is 21.1 Å². The Morgan fingerprint density at radius 1 is 0.765 bits per heavy atom. The first-order chi connectivity index (χ1) is 7.61. The van der Waals surface area contributed by atoms with E-state index in [1.807, 2.05) is 0 Å². The van der Waals surface area contributed by atoms with Crippen molar-refractivity contribution in [3.05, 3.63) is 47.6 Å². The zero-order valence-electron chi connectivity index (χ0n) is 11.5. The summed E-state index contributed by atoms with van der Waals surface area (Å²) >= 11 is 0. The molecule has 0 aromatic carbocycles. The number of hydrogen-bond acceptors (Lipinski definition) is 0. The van der Waals surface area contributed by atoms with Crippen LogP contribution in [0.15, 0.2) is 47.6 Å². The Hall–Kier alpha value is -0.352. The van der Waals surface area contributed by atoms with E-state index < -0.39 is 0 Å². The molecule has 0 radical (unpaired) electrons. The fourth-order valence-corrected chi connectivity index (χ4v) is 1.78. The summed E-state index contributed by atoms with van der Waals surface area (Å²) < 4.78 is 0. The van der Waals surface area contributed by atoms with Crippen molar-refractivity contribution in [2.75, 3.05) is 0 Å². The molecule has 2 rings (SSSR count). The van der Waals surface area contributed by atoms with Gasteiger partial charge in [-0.1, -0.05) is 75.3 Å². The van der Waals surface area contributed by atoms with Crippen molar-refractivity contribution in [3.63, 3.8) is 0 Å². The second-order valence-electron chi connectivity index (χ2n) is 5.06. The molecule has 2 aliphatic carbocycles. The Balaban J connectivity index is 0.000000284. The molecule has 17 heavy (non-hydrogen) atoms. The third-order valence-electron chi connectivity index (χ3n) is 3.08. The zero-order chi connectivity index (χ0) is 12.0. The number of rotatable bonds is 2. The van der Waals surface area contributed by atoms with E-state index in [0.29, 0.717) is 0 Å². The Labute approximate surface area is 121 Å². The Morgan fingerprint density at radius 3 is 1.24 bits per heavy atom. The molecule has 2 aliphatic rings. The van der Waals surface area contributed by atoms with Crippen molar-refractivity contribution >= 4 is 0 Å². The molecule has 0 saturated carbocycles. The molecule has 0 spiro atoms. The van der Waals surface area contributed by atoms with Gasteiger partial charge in [0.05, 0.1) is 0 Å². The van der Waals surface area contributed by atoms with Gasteiger partial charge in [-0.3, -0.25) is 0 Å². The first-order valence-electron chi connectivity index (χ1n) is 6.32. The Kier molecular flexibility index (Phi) is 8.52. The second kappa shape index (κ2) is 8.70. The molecule has 0 fully saturated rings. The van der Waals surface area contributed by atoms with E-state index in [2.05, 4.69) is 64.2 Å². The molecule has 0 amide bonds. The first-order valence-corrected chi connectivity index (χ1v) is 6.32. The molecule has 0 nitrogen and oxygen atoms in total. The molecule has 0 aromatic rings. The molecule has 0 N–H and O–H groups in total. The van der Waals surface area contributed by atoms with Crippen molar-refractivity contribution < 1.29 is 21.1 Å². The molecule has 0 atom stereocenters. The first kappa shape index (κ1) is 16.6. The molecule has 0 aromatic heterocycles. The van der Waals surface area contributed by atoms with Crippen LogP contribution in [0.25, 0.3) is 0 Å². The van der Waals surface area contributed by atoms with Crippen molar-refractivity contribution in [2.45, 2.75) is 40.5 Å². The number of hydrogen-bond donors (Lipinski definition) is 0. The van der Waals surface area contributed by atoms with Crippen LogP contribution < -0.4 is 0 Å². The van der Waals surface area contributed by atoms with E-state index in [1.165, 1.54) is 12.8 Å². The van der Waals surface area contributed by atoms with E-state index >= 15 is 0 Å². The maximum atomic E-state index is 2.23. The van der Waals surface area contributed by atoms with Crippen LogP contribution in [-0.2, 0) is 21.1 Å². The molecular formula is C16H26W. The van der Waals surface area contributed by atoms with Gasteiger partial charge in [-0.25, -0.2) is 0 Å². The minimum absolute atomic E-state index is 0. The molecule has 0 bridgehead atoms. The van der Waals surface area contributed by atoms with Gasteiger partial charge in [-0.2, -0.15) is 0 Å². The van der Waals surface area contributed by atoms with Gasteiger partial charge in [-0.05, 0) is 24.7 Å². The zero-order valence-corrected chi connectivity index (χ0v) is 15.1. The number of allylic oxidation sites excluding steroid dienone is 8. The normalized spacial score (nSPS) is 16.6. The van der Waals surface area contributed by atoms with Gasteiger partial charge in [0, 0.05) is 0 Å². The Morgan fingerprint density at radius 2 is 1.12 bits per heavy atom. The van der Waals surface area contributed by atoms with Crippen LogP contribution in [0.1, 0.15) is 40.5 Å². The summed E-state index contributed by atoms with van der Waals surface area (Å²) in [4.78, 5) is 0. The summed E-state index contributed by atoms with van der Waals surface area (Å²) in [6.45, 7) is 8.94. The van der Waals surface area contributed by atoms with E-state index in [1.54, 1.807) is 11.1 Å². The minimum atomic E-state index is 0. The van der Waals surface area contributed by atoms with Crippen LogP contribution in [0.2, 0.25) is 0 Å². The molecule has 0 aliphatic heterocycles. The van der Waals surface area contributed by atoms with E-state index in [-0.39, 0.29) is 21.1 Å². The van der Waals surface area contributed by atoms with Gasteiger partial charge < -0.3 is 0 Å². The van der Waals surface area contributed by atoms with Gasteiger partial charge in [0.25, 0.3) is 0 Å². The average Bonchev–Trinajstić information content (AvgIpc) is 2.93. The van der Waals surface area contributed by atoms with Crippen molar-refractivity contribution in [1.82, 2.24) is 0 Å². The third-order valence-corrected chi connectivity index (χ3v) is 3.08. The van der Waals surface area contributed by atoms with Gasteiger partial charge in [0.1, 0.15) is 0 Å². The summed E-state index contributed by atoms with van der Waals surface area (Å²) in [5, 5.41) is 0. The van der Waals surface area contributed by atoms with Crippen molar-refractivity contribution in [1.29, 1.82) is 0 Å². The summed E-state index contributed by atoms with van der Waals surface area (Å²) in [5.74, 6) is 1.48.